The maximum absolute atomic E-state index is 11.1. The fraction of sp³-hybridized carbons (Fsp3) is 0.400. The summed E-state index contributed by atoms with van der Waals surface area (Å²) in [6.45, 7) is 1.83. The van der Waals surface area contributed by atoms with E-state index in [4.69, 9.17) is 22.1 Å². The van der Waals surface area contributed by atoms with Crippen LogP contribution in [-0.2, 0) is 6.54 Å². The summed E-state index contributed by atoms with van der Waals surface area (Å²) in [5.74, 6) is 1.27. The Morgan fingerprint density at radius 1 is 1.27 bits per heavy atom. The number of pyridine rings is 1. The van der Waals surface area contributed by atoms with Crippen LogP contribution in [0.5, 0.6) is 11.6 Å². The molecule has 1 aromatic heterocycles. The van der Waals surface area contributed by atoms with E-state index in [1.165, 1.54) is 38.3 Å². The van der Waals surface area contributed by atoms with Crippen LogP contribution in [-0.4, -0.2) is 17.4 Å². The monoisotopic (exact) mass is 373 g/mol. The topological polar surface area (TPSA) is 77.2 Å². The Labute approximate surface area is 158 Å². The number of nitrogens with one attached hydrogen (secondary N) is 1. The summed E-state index contributed by atoms with van der Waals surface area (Å²) in [6.07, 6.45) is 8.18. The van der Waals surface area contributed by atoms with E-state index in [1.54, 1.807) is 12.1 Å². The predicted octanol–water partition coefficient (Wildman–Crippen LogP) is 4.30. The molecule has 2 aromatic rings. The van der Waals surface area contributed by atoms with E-state index >= 15 is 0 Å². The van der Waals surface area contributed by atoms with Gasteiger partial charge in [0.2, 0.25) is 11.8 Å². The molecular formula is C20H24ClN3O2. The molecule has 1 saturated carbocycles. The fourth-order valence-electron chi connectivity index (χ4n) is 3.27. The molecule has 1 aliphatic rings. The van der Waals surface area contributed by atoms with Gasteiger partial charge in [-0.25, -0.2) is 4.98 Å². The summed E-state index contributed by atoms with van der Waals surface area (Å²) in [5.41, 5.74) is 6.65. The quantitative estimate of drug-likeness (QED) is 0.676. The van der Waals surface area contributed by atoms with Gasteiger partial charge in [-0.15, -0.1) is 0 Å². The lowest BCUT2D eigenvalue weighted by Crippen LogP contribution is -2.17. The summed E-state index contributed by atoms with van der Waals surface area (Å²) in [6, 6.07) is 8.88. The SMILES string of the molecule is NC(=O)c1ccc(Oc2ccc(CNCCC3CCCC3)cc2Cl)nc1. The van der Waals surface area contributed by atoms with Crippen molar-refractivity contribution in [2.75, 3.05) is 6.54 Å². The molecule has 0 saturated heterocycles. The molecule has 0 bridgehead atoms. The van der Waals surface area contributed by atoms with Gasteiger partial charge in [-0.2, -0.15) is 0 Å². The minimum Gasteiger partial charge on any atom is -0.437 e. The van der Waals surface area contributed by atoms with Crippen LogP contribution in [0.15, 0.2) is 36.5 Å². The van der Waals surface area contributed by atoms with Crippen molar-refractivity contribution in [2.45, 2.75) is 38.6 Å². The second-order valence-electron chi connectivity index (χ2n) is 6.73. The van der Waals surface area contributed by atoms with Crippen LogP contribution in [0.2, 0.25) is 5.02 Å². The smallest absolute Gasteiger partial charge is 0.250 e. The Bertz CT molecular complexity index is 743. The number of amides is 1. The molecule has 1 aromatic carbocycles. The summed E-state index contributed by atoms with van der Waals surface area (Å²) in [5, 5.41) is 4.01. The maximum Gasteiger partial charge on any atom is 0.250 e. The number of aromatic nitrogens is 1. The zero-order valence-electron chi connectivity index (χ0n) is 14.7. The van der Waals surface area contributed by atoms with Crippen molar-refractivity contribution in [3.63, 3.8) is 0 Å². The molecule has 0 unspecified atom stereocenters. The second-order valence-corrected chi connectivity index (χ2v) is 7.14. The number of primary amides is 1. The molecule has 0 radical (unpaired) electrons. The van der Waals surface area contributed by atoms with Gasteiger partial charge in [-0.3, -0.25) is 4.79 Å². The highest BCUT2D eigenvalue weighted by atomic mass is 35.5. The van der Waals surface area contributed by atoms with Gasteiger partial charge in [0.15, 0.2) is 0 Å². The predicted molar refractivity (Wildman–Crippen MR) is 103 cm³/mol. The number of hydrogen-bond donors (Lipinski definition) is 2. The molecular weight excluding hydrogens is 350 g/mol. The molecule has 0 aliphatic heterocycles. The fourth-order valence-corrected chi connectivity index (χ4v) is 3.52. The molecule has 0 atom stereocenters. The van der Waals surface area contributed by atoms with Crippen molar-refractivity contribution in [3.05, 3.63) is 52.7 Å². The molecule has 6 heteroatoms. The van der Waals surface area contributed by atoms with Gasteiger partial charge in [0.1, 0.15) is 5.75 Å². The molecule has 3 rings (SSSR count). The van der Waals surface area contributed by atoms with Crippen molar-refractivity contribution in [2.24, 2.45) is 11.7 Å². The number of nitrogens with two attached hydrogens (primary N) is 1. The first-order valence-electron chi connectivity index (χ1n) is 9.04. The van der Waals surface area contributed by atoms with Gasteiger partial charge in [0.05, 0.1) is 10.6 Å². The van der Waals surface area contributed by atoms with Crippen LogP contribution in [0.25, 0.3) is 0 Å². The van der Waals surface area contributed by atoms with E-state index in [9.17, 15) is 4.79 Å². The van der Waals surface area contributed by atoms with Crippen molar-refractivity contribution in [1.29, 1.82) is 0 Å². The van der Waals surface area contributed by atoms with Crippen LogP contribution >= 0.6 is 11.6 Å². The highest BCUT2D eigenvalue weighted by molar-refractivity contribution is 6.32. The summed E-state index contributed by atoms with van der Waals surface area (Å²) >= 11 is 6.32. The number of halogens is 1. The van der Waals surface area contributed by atoms with E-state index in [0.29, 0.717) is 22.2 Å². The first-order valence-corrected chi connectivity index (χ1v) is 9.42. The van der Waals surface area contributed by atoms with Crippen LogP contribution in [0.1, 0.15) is 48.0 Å². The zero-order valence-corrected chi connectivity index (χ0v) is 15.5. The Morgan fingerprint density at radius 3 is 2.73 bits per heavy atom. The summed E-state index contributed by atoms with van der Waals surface area (Å²) in [7, 11) is 0. The lowest BCUT2D eigenvalue weighted by atomic mass is 10.0. The molecule has 26 heavy (non-hydrogen) atoms. The lowest BCUT2D eigenvalue weighted by molar-refractivity contribution is 0.1000. The Morgan fingerprint density at radius 2 is 2.08 bits per heavy atom. The summed E-state index contributed by atoms with van der Waals surface area (Å²) in [4.78, 5) is 15.1. The number of benzene rings is 1. The molecule has 5 nitrogen and oxygen atoms in total. The van der Waals surface area contributed by atoms with Crippen LogP contribution in [0, 0.1) is 5.92 Å². The van der Waals surface area contributed by atoms with Crippen molar-refractivity contribution in [3.8, 4) is 11.6 Å². The third-order valence-corrected chi connectivity index (χ3v) is 5.06. The average Bonchev–Trinajstić information content (AvgIpc) is 3.15. The molecule has 1 amide bonds. The largest absolute Gasteiger partial charge is 0.437 e. The molecule has 3 N–H and O–H groups in total. The maximum atomic E-state index is 11.1. The van der Waals surface area contributed by atoms with E-state index in [2.05, 4.69) is 10.3 Å². The zero-order chi connectivity index (χ0) is 18.4. The Hall–Kier alpha value is -2.11. The molecule has 0 spiro atoms. The van der Waals surface area contributed by atoms with Gasteiger partial charge >= 0.3 is 0 Å². The van der Waals surface area contributed by atoms with E-state index in [0.717, 1.165) is 24.6 Å². The minimum absolute atomic E-state index is 0.336. The minimum atomic E-state index is -0.521. The van der Waals surface area contributed by atoms with Gasteiger partial charge in [-0.05, 0) is 42.6 Å². The van der Waals surface area contributed by atoms with E-state index in [-0.39, 0.29) is 0 Å². The van der Waals surface area contributed by atoms with Crippen LogP contribution in [0.3, 0.4) is 0 Å². The molecule has 1 fully saturated rings. The van der Waals surface area contributed by atoms with E-state index < -0.39 is 5.91 Å². The number of nitrogens with zero attached hydrogens (tertiary/aromatic N) is 1. The standard InChI is InChI=1S/C20H24ClN3O2/c21-17-11-15(12-23-10-9-14-3-1-2-4-14)5-7-18(17)26-19-8-6-16(13-24-19)20(22)25/h5-8,11,13-14,23H,1-4,9-10,12H2,(H2,22,25). The number of carbonyl (C=O) groups is 1. The molecule has 1 heterocycles. The highest BCUT2D eigenvalue weighted by Crippen LogP contribution is 2.29. The first-order chi connectivity index (χ1) is 12.6. The number of rotatable bonds is 8. The first kappa shape index (κ1) is 18.7. The van der Waals surface area contributed by atoms with Gasteiger partial charge in [0, 0.05) is 18.8 Å². The average molecular weight is 374 g/mol. The van der Waals surface area contributed by atoms with Crippen molar-refractivity contribution in [1.82, 2.24) is 10.3 Å². The molecule has 1 aliphatic carbocycles. The van der Waals surface area contributed by atoms with Crippen LogP contribution < -0.4 is 15.8 Å². The Balaban J connectivity index is 1.50. The van der Waals surface area contributed by atoms with E-state index in [1.807, 2.05) is 18.2 Å². The van der Waals surface area contributed by atoms with Crippen molar-refractivity contribution < 1.29 is 9.53 Å². The third-order valence-electron chi connectivity index (χ3n) is 4.76. The van der Waals surface area contributed by atoms with Crippen LogP contribution in [0.4, 0.5) is 0 Å². The summed E-state index contributed by atoms with van der Waals surface area (Å²) < 4.78 is 5.68. The number of ether oxygens (including phenoxy) is 1. The second kappa shape index (κ2) is 9.01. The normalized spacial score (nSPS) is 14.5. The molecule has 138 valence electrons. The van der Waals surface area contributed by atoms with Crippen molar-refractivity contribution >= 4 is 17.5 Å². The highest BCUT2D eigenvalue weighted by Gasteiger charge is 2.14. The number of carbonyl (C=O) groups excluding carboxylic acids is 1. The lowest BCUT2D eigenvalue weighted by Gasteiger charge is -2.11. The van der Waals surface area contributed by atoms with Gasteiger partial charge in [-0.1, -0.05) is 43.4 Å². The van der Waals surface area contributed by atoms with Gasteiger partial charge < -0.3 is 15.8 Å². The Kier molecular flexibility index (Phi) is 6.47. The van der Waals surface area contributed by atoms with Gasteiger partial charge in [0.25, 0.3) is 0 Å². The third kappa shape index (κ3) is 5.19. The number of hydrogen-bond acceptors (Lipinski definition) is 4.